The molecule has 0 saturated heterocycles. The van der Waals surface area contributed by atoms with Crippen molar-refractivity contribution in [2.45, 2.75) is 25.8 Å². The first-order chi connectivity index (χ1) is 12.5. The number of carbonyl (C=O) groups is 3. The van der Waals surface area contributed by atoms with Crippen LogP contribution in [0.3, 0.4) is 0 Å². The van der Waals surface area contributed by atoms with Gasteiger partial charge in [0.15, 0.2) is 5.13 Å². The lowest BCUT2D eigenvalue weighted by atomic mass is 10.2. The highest BCUT2D eigenvalue weighted by Gasteiger charge is 2.21. The fourth-order valence-electron chi connectivity index (χ4n) is 1.88. The van der Waals surface area contributed by atoms with Crippen molar-refractivity contribution < 1.29 is 34.1 Å². The van der Waals surface area contributed by atoms with Gasteiger partial charge in [0.05, 0.1) is 45.0 Å². The summed E-state index contributed by atoms with van der Waals surface area (Å²) in [5, 5.41) is 24.8. The molecule has 0 spiro atoms. The number of carbonyl (C=O) groups excluding carboxylic acids is 2. The van der Waals surface area contributed by atoms with Gasteiger partial charge in [-0.15, -0.1) is 11.3 Å². The SMILES string of the molecule is CCOC(=O)Cc1csc(NC(=O)C[C@@H](NCCOCCO)C(=O)O)n1. The van der Waals surface area contributed by atoms with E-state index >= 15 is 0 Å². The predicted octanol–water partition coefficient (Wildman–Crippen LogP) is -0.371. The Kier molecular flexibility index (Phi) is 10.4. The average molecular weight is 389 g/mol. The van der Waals surface area contributed by atoms with Crippen LogP contribution in [0.25, 0.3) is 0 Å². The molecule has 1 amide bonds. The van der Waals surface area contributed by atoms with Crippen molar-refractivity contribution in [3.05, 3.63) is 11.1 Å². The monoisotopic (exact) mass is 389 g/mol. The van der Waals surface area contributed by atoms with Gasteiger partial charge in [0.25, 0.3) is 0 Å². The molecule has 0 aliphatic heterocycles. The maximum Gasteiger partial charge on any atom is 0.321 e. The number of carboxylic acid groups (broad SMARTS) is 1. The minimum atomic E-state index is -1.16. The van der Waals surface area contributed by atoms with E-state index in [1.54, 1.807) is 12.3 Å². The standard InChI is InChI=1S/C15H23N3O7S/c1-2-25-13(21)7-10-9-26-15(17-10)18-12(20)8-11(14(22)23)16-3-5-24-6-4-19/h9,11,16,19H,2-8H2,1H3,(H,22,23)(H,17,18,20)/t11-/m1/s1. The molecule has 0 bridgehead atoms. The summed E-state index contributed by atoms with van der Waals surface area (Å²) in [5.74, 6) is -2.09. The van der Waals surface area contributed by atoms with Crippen LogP contribution in [0.5, 0.6) is 0 Å². The molecule has 10 nitrogen and oxygen atoms in total. The number of hydrogen-bond acceptors (Lipinski definition) is 9. The molecule has 26 heavy (non-hydrogen) atoms. The molecule has 0 aromatic carbocycles. The Bertz CT molecular complexity index is 594. The predicted molar refractivity (Wildman–Crippen MR) is 93.0 cm³/mol. The molecule has 1 atom stereocenters. The summed E-state index contributed by atoms with van der Waals surface area (Å²) in [5.41, 5.74) is 0.470. The minimum absolute atomic E-state index is 0.00730. The van der Waals surface area contributed by atoms with E-state index in [-0.39, 0.29) is 50.9 Å². The Morgan fingerprint density at radius 3 is 2.77 bits per heavy atom. The van der Waals surface area contributed by atoms with Crippen molar-refractivity contribution in [1.82, 2.24) is 10.3 Å². The van der Waals surface area contributed by atoms with E-state index in [9.17, 15) is 14.4 Å². The van der Waals surface area contributed by atoms with Crippen LogP contribution >= 0.6 is 11.3 Å². The van der Waals surface area contributed by atoms with E-state index in [4.69, 9.17) is 19.7 Å². The van der Waals surface area contributed by atoms with E-state index in [2.05, 4.69) is 15.6 Å². The van der Waals surface area contributed by atoms with Gasteiger partial charge < -0.3 is 30.3 Å². The normalized spacial score (nSPS) is 11.8. The topological polar surface area (TPSA) is 147 Å². The smallest absolute Gasteiger partial charge is 0.321 e. The van der Waals surface area contributed by atoms with Crippen LogP contribution in [0, 0.1) is 0 Å². The van der Waals surface area contributed by atoms with Crippen LogP contribution in [0.15, 0.2) is 5.38 Å². The zero-order valence-electron chi connectivity index (χ0n) is 14.4. The molecule has 0 radical (unpaired) electrons. The van der Waals surface area contributed by atoms with Crippen LogP contribution in [-0.2, 0) is 30.3 Å². The van der Waals surface area contributed by atoms with Crippen LogP contribution in [0.4, 0.5) is 5.13 Å². The number of carboxylic acids is 1. The number of nitrogens with zero attached hydrogens (tertiary/aromatic N) is 1. The highest BCUT2D eigenvalue weighted by Crippen LogP contribution is 2.16. The van der Waals surface area contributed by atoms with Gasteiger partial charge in [-0.05, 0) is 6.92 Å². The third-order valence-electron chi connectivity index (χ3n) is 2.99. The molecule has 0 fully saturated rings. The molecule has 0 aliphatic rings. The van der Waals surface area contributed by atoms with Gasteiger partial charge >= 0.3 is 11.9 Å². The van der Waals surface area contributed by atoms with Gasteiger partial charge in [-0.25, -0.2) is 4.98 Å². The molecule has 1 aromatic heterocycles. The summed E-state index contributed by atoms with van der Waals surface area (Å²) in [7, 11) is 0. The molecule has 1 heterocycles. The number of ether oxygens (including phenoxy) is 2. The number of aromatic nitrogens is 1. The second-order valence-electron chi connectivity index (χ2n) is 5.06. The second kappa shape index (κ2) is 12.3. The number of amides is 1. The third kappa shape index (κ3) is 8.85. The second-order valence-corrected chi connectivity index (χ2v) is 5.92. The molecule has 0 aliphatic carbocycles. The summed E-state index contributed by atoms with van der Waals surface area (Å²) in [6, 6.07) is -1.08. The minimum Gasteiger partial charge on any atom is -0.480 e. The molecule has 11 heteroatoms. The molecule has 0 unspecified atom stereocenters. The summed E-state index contributed by atoms with van der Waals surface area (Å²) < 4.78 is 9.83. The van der Waals surface area contributed by atoms with Crippen molar-refractivity contribution in [1.29, 1.82) is 0 Å². The van der Waals surface area contributed by atoms with Crippen LogP contribution < -0.4 is 10.6 Å². The number of anilines is 1. The van der Waals surface area contributed by atoms with Crippen molar-refractivity contribution >= 4 is 34.3 Å². The lowest BCUT2D eigenvalue weighted by molar-refractivity contribution is -0.142. The lowest BCUT2D eigenvalue weighted by Gasteiger charge is -2.13. The Morgan fingerprint density at radius 1 is 1.35 bits per heavy atom. The fourth-order valence-corrected chi connectivity index (χ4v) is 2.61. The largest absolute Gasteiger partial charge is 0.480 e. The molecule has 1 aromatic rings. The highest BCUT2D eigenvalue weighted by molar-refractivity contribution is 7.13. The fraction of sp³-hybridized carbons (Fsp3) is 0.600. The van der Waals surface area contributed by atoms with Gasteiger partial charge in [-0.3, -0.25) is 14.4 Å². The van der Waals surface area contributed by atoms with E-state index in [1.807, 2.05) is 0 Å². The van der Waals surface area contributed by atoms with Gasteiger partial charge in [-0.1, -0.05) is 0 Å². The molecular weight excluding hydrogens is 366 g/mol. The number of hydrogen-bond donors (Lipinski definition) is 4. The highest BCUT2D eigenvalue weighted by atomic mass is 32.1. The summed E-state index contributed by atoms with van der Waals surface area (Å²) in [4.78, 5) is 38.7. The number of thiazole rings is 1. The van der Waals surface area contributed by atoms with Crippen LogP contribution in [0.1, 0.15) is 19.0 Å². The number of esters is 1. The first kappa shape index (κ1) is 22.0. The van der Waals surface area contributed by atoms with Crippen molar-refractivity contribution in [3.63, 3.8) is 0 Å². The number of aliphatic hydroxyl groups is 1. The van der Waals surface area contributed by atoms with Crippen molar-refractivity contribution in [2.75, 3.05) is 38.3 Å². The molecular formula is C15H23N3O7S. The van der Waals surface area contributed by atoms with E-state index in [1.165, 1.54) is 0 Å². The Labute approximate surface area is 154 Å². The molecule has 0 saturated carbocycles. The Morgan fingerprint density at radius 2 is 2.12 bits per heavy atom. The Balaban J connectivity index is 2.43. The van der Waals surface area contributed by atoms with E-state index < -0.39 is 23.9 Å². The van der Waals surface area contributed by atoms with E-state index in [0.29, 0.717) is 5.69 Å². The van der Waals surface area contributed by atoms with Crippen molar-refractivity contribution in [3.8, 4) is 0 Å². The molecule has 146 valence electrons. The van der Waals surface area contributed by atoms with Gasteiger partial charge in [-0.2, -0.15) is 0 Å². The summed E-state index contributed by atoms with van der Waals surface area (Å²) in [6.45, 7) is 2.48. The summed E-state index contributed by atoms with van der Waals surface area (Å²) >= 11 is 1.14. The van der Waals surface area contributed by atoms with Gasteiger partial charge in [0.1, 0.15) is 6.04 Å². The van der Waals surface area contributed by atoms with Crippen LogP contribution in [0.2, 0.25) is 0 Å². The number of rotatable bonds is 13. The zero-order valence-corrected chi connectivity index (χ0v) is 15.2. The maximum atomic E-state index is 12.0. The zero-order chi connectivity index (χ0) is 19.4. The van der Waals surface area contributed by atoms with Gasteiger partial charge in [0.2, 0.25) is 5.91 Å². The Hall–Kier alpha value is -2.08. The first-order valence-electron chi connectivity index (χ1n) is 8.00. The third-order valence-corrected chi connectivity index (χ3v) is 3.80. The maximum absolute atomic E-state index is 12.0. The quantitative estimate of drug-likeness (QED) is 0.262. The van der Waals surface area contributed by atoms with Gasteiger partial charge in [0, 0.05) is 11.9 Å². The molecule has 4 N–H and O–H groups in total. The number of aliphatic hydroxyl groups excluding tert-OH is 1. The molecule has 1 rings (SSSR count). The number of aliphatic carboxylic acids is 1. The van der Waals surface area contributed by atoms with Crippen LogP contribution in [-0.4, -0.2) is 72.1 Å². The number of nitrogens with one attached hydrogen (secondary N) is 2. The van der Waals surface area contributed by atoms with E-state index in [0.717, 1.165) is 11.3 Å². The first-order valence-corrected chi connectivity index (χ1v) is 8.88. The lowest BCUT2D eigenvalue weighted by Crippen LogP contribution is -2.41. The van der Waals surface area contributed by atoms with Crippen molar-refractivity contribution in [2.24, 2.45) is 0 Å². The summed E-state index contributed by atoms with van der Waals surface area (Å²) in [6.07, 6.45) is -0.282. The average Bonchev–Trinajstić information content (AvgIpc) is 3.00.